The molecule has 5 rings (SSSR count). The second-order valence-corrected chi connectivity index (χ2v) is 7.88. The number of amides is 2. The highest BCUT2D eigenvalue weighted by Gasteiger charge is 2.54. The van der Waals surface area contributed by atoms with Crippen LogP contribution in [0.4, 0.5) is 19.4 Å². The fourth-order valence-corrected chi connectivity index (χ4v) is 4.09. The number of carbonyl (C=O) groups excluding carboxylic acids is 2. The number of anilines is 1. The third-order valence-corrected chi connectivity index (χ3v) is 5.79. The van der Waals surface area contributed by atoms with Crippen LogP contribution in [-0.2, 0) is 10.2 Å². The van der Waals surface area contributed by atoms with E-state index in [4.69, 9.17) is 0 Å². The number of hydrogen-bond donors (Lipinski definition) is 1. The number of hydrogen-bond acceptors (Lipinski definition) is 4. The van der Waals surface area contributed by atoms with E-state index in [1.54, 1.807) is 12.1 Å². The first kappa shape index (κ1) is 22.5. The van der Waals surface area contributed by atoms with Crippen molar-refractivity contribution in [2.45, 2.75) is 37.0 Å². The minimum Gasteiger partial charge on any atom is -0.328 e. The van der Waals surface area contributed by atoms with Crippen molar-refractivity contribution in [2.75, 3.05) is 18.4 Å². The van der Waals surface area contributed by atoms with E-state index in [1.807, 2.05) is 0 Å². The standard InChI is InChI=1S/C20H18F2N4O2.C2H4.FH.H2/c21-12-7-23-19(24-8-12)25-15(27)9-26-10-20(5-6-20)16-14(18(26)28)4-3-13(17(16)22)11-1-2-11;1-2;;/h3-4,7-8,11H,1-2,5-6,9-10H2,(H,23,24,25,27);1-2H2;2*1H. The normalized spacial score (nSPS) is 17.7. The van der Waals surface area contributed by atoms with E-state index in [0.717, 1.165) is 43.6 Å². The summed E-state index contributed by atoms with van der Waals surface area (Å²) in [4.78, 5) is 34.0. The fourth-order valence-electron chi connectivity index (χ4n) is 4.09. The lowest BCUT2D eigenvalue weighted by molar-refractivity contribution is -0.117. The number of halogens is 3. The molecule has 1 N–H and O–H groups in total. The first-order valence-electron chi connectivity index (χ1n) is 9.86. The summed E-state index contributed by atoms with van der Waals surface area (Å²) in [6.07, 6.45) is 5.49. The van der Waals surface area contributed by atoms with Crippen molar-refractivity contribution in [3.63, 3.8) is 0 Å². The molecule has 1 aromatic carbocycles. The summed E-state index contributed by atoms with van der Waals surface area (Å²) < 4.78 is 28.0. The Hall–Kier alpha value is -3.23. The van der Waals surface area contributed by atoms with E-state index >= 15 is 4.39 Å². The molecule has 1 aliphatic heterocycles. The zero-order valence-corrected chi connectivity index (χ0v) is 16.9. The van der Waals surface area contributed by atoms with Gasteiger partial charge in [0.1, 0.15) is 12.4 Å². The van der Waals surface area contributed by atoms with Gasteiger partial charge in [-0.2, -0.15) is 0 Å². The van der Waals surface area contributed by atoms with Crippen LogP contribution in [0.2, 0.25) is 0 Å². The van der Waals surface area contributed by atoms with E-state index in [0.29, 0.717) is 17.7 Å². The molecular weight excluding hydrogens is 409 g/mol. The number of benzene rings is 1. The second kappa shape index (κ2) is 8.49. The Kier molecular flexibility index (Phi) is 6.15. The molecule has 0 radical (unpaired) electrons. The maximum absolute atomic E-state index is 15.2. The van der Waals surface area contributed by atoms with E-state index in [2.05, 4.69) is 28.4 Å². The molecule has 0 saturated heterocycles. The van der Waals surface area contributed by atoms with Crippen molar-refractivity contribution >= 4 is 17.8 Å². The van der Waals surface area contributed by atoms with Crippen LogP contribution in [0.3, 0.4) is 0 Å². The number of rotatable bonds is 4. The van der Waals surface area contributed by atoms with Crippen molar-refractivity contribution in [3.05, 3.63) is 66.0 Å². The van der Waals surface area contributed by atoms with E-state index < -0.39 is 11.7 Å². The average Bonchev–Trinajstić information content (AvgIpc) is 3.66. The van der Waals surface area contributed by atoms with Crippen LogP contribution in [0, 0.1) is 11.6 Å². The van der Waals surface area contributed by atoms with Crippen molar-refractivity contribution in [1.82, 2.24) is 14.9 Å². The van der Waals surface area contributed by atoms with Gasteiger partial charge < -0.3 is 4.90 Å². The first-order valence-corrected chi connectivity index (χ1v) is 9.86. The minimum absolute atomic E-state index is 0. The van der Waals surface area contributed by atoms with Crippen molar-refractivity contribution < 1.29 is 24.5 Å². The summed E-state index contributed by atoms with van der Waals surface area (Å²) in [5.74, 6) is -1.41. The van der Waals surface area contributed by atoms with Gasteiger partial charge in [0.25, 0.3) is 5.91 Å². The van der Waals surface area contributed by atoms with Crippen LogP contribution in [0.5, 0.6) is 0 Å². The van der Waals surface area contributed by atoms with Crippen LogP contribution < -0.4 is 5.32 Å². The summed E-state index contributed by atoms with van der Waals surface area (Å²) in [5, 5.41) is 2.46. The molecule has 1 aromatic heterocycles. The van der Waals surface area contributed by atoms with Crippen LogP contribution in [0.1, 0.15) is 54.5 Å². The lowest BCUT2D eigenvalue weighted by Crippen LogP contribution is -2.47. The molecule has 0 atom stereocenters. The fraction of sp³-hybridized carbons (Fsp3) is 0.364. The van der Waals surface area contributed by atoms with Crippen LogP contribution in [0.25, 0.3) is 0 Å². The van der Waals surface area contributed by atoms with Crippen LogP contribution in [0.15, 0.2) is 37.7 Å². The van der Waals surface area contributed by atoms with E-state index in [1.165, 1.54) is 4.90 Å². The van der Waals surface area contributed by atoms with Gasteiger partial charge in [-0.1, -0.05) is 6.07 Å². The summed E-state index contributed by atoms with van der Waals surface area (Å²) in [6, 6.07) is 3.43. The quantitative estimate of drug-likeness (QED) is 0.740. The minimum atomic E-state index is -0.607. The average molecular weight is 434 g/mol. The lowest BCUT2D eigenvalue weighted by atomic mass is 9.84. The third-order valence-electron chi connectivity index (χ3n) is 5.79. The van der Waals surface area contributed by atoms with E-state index in [-0.39, 0.29) is 41.7 Å². The van der Waals surface area contributed by atoms with Gasteiger partial charge in [0.05, 0.1) is 12.4 Å². The molecule has 2 heterocycles. The van der Waals surface area contributed by atoms with Crippen molar-refractivity contribution in [2.24, 2.45) is 0 Å². The molecule has 2 aliphatic carbocycles. The summed E-state index contributed by atoms with van der Waals surface area (Å²) >= 11 is 0. The molecule has 2 aromatic rings. The molecule has 166 valence electrons. The maximum Gasteiger partial charge on any atom is 0.254 e. The number of fused-ring (bicyclic) bond motifs is 2. The zero-order valence-electron chi connectivity index (χ0n) is 16.9. The molecule has 0 unspecified atom stereocenters. The van der Waals surface area contributed by atoms with Gasteiger partial charge in [0.15, 0.2) is 5.82 Å². The summed E-state index contributed by atoms with van der Waals surface area (Å²) in [6.45, 7) is 6.13. The zero-order chi connectivity index (χ0) is 21.5. The number of nitrogens with one attached hydrogen (secondary N) is 1. The molecular formula is C22H25F3N4O2. The Morgan fingerprint density at radius 2 is 1.87 bits per heavy atom. The highest BCUT2D eigenvalue weighted by Crippen LogP contribution is 2.55. The third kappa shape index (κ3) is 4.17. The highest BCUT2D eigenvalue weighted by atomic mass is 19.1. The molecule has 31 heavy (non-hydrogen) atoms. The molecule has 2 fully saturated rings. The predicted molar refractivity (Wildman–Crippen MR) is 112 cm³/mol. The summed E-state index contributed by atoms with van der Waals surface area (Å²) in [7, 11) is 0. The van der Waals surface area contributed by atoms with E-state index in [9.17, 15) is 14.0 Å². The molecule has 2 saturated carbocycles. The monoisotopic (exact) mass is 434 g/mol. The number of nitrogens with zero attached hydrogens (tertiary/aromatic N) is 3. The first-order chi connectivity index (χ1) is 14.5. The second-order valence-electron chi connectivity index (χ2n) is 7.88. The Morgan fingerprint density at radius 3 is 2.45 bits per heavy atom. The topological polar surface area (TPSA) is 75.2 Å². The van der Waals surface area contributed by atoms with Crippen LogP contribution >= 0.6 is 0 Å². The predicted octanol–water partition coefficient (Wildman–Crippen LogP) is 3.96. The summed E-state index contributed by atoms with van der Waals surface area (Å²) in [5.41, 5.74) is 1.24. The smallest absolute Gasteiger partial charge is 0.254 e. The van der Waals surface area contributed by atoms with Gasteiger partial charge in [-0.15, -0.1) is 13.2 Å². The van der Waals surface area contributed by atoms with Gasteiger partial charge >= 0.3 is 0 Å². The largest absolute Gasteiger partial charge is 0.328 e. The number of carbonyl (C=O) groups is 2. The molecule has 0 bridgehead atoms. The molecule has 9 heteroatoms. The highest BCUT2D eigenvalue weighted by molar-refractivity contribution is 6.01. The van der Waals surface area contributed by atoms with Crippen molar-refractivity contribution in [1.29, 1.82) is 0 Å². The molecule has 1 spiro atoms. The Bertz CT molecular complexity index is 1010. The maximum atomic E-state index is 15.2. The van der Waals surface area contributed by atoms with Crippen LogP contribution in [-0.4, -0.2) is 39.8 Å². The molecule has 6 nitrogen and oxygen atoms in total. The van der Waals surface area contributed by atoms with Gasteiger partial charge in [-0.3, -0.25) is 19.6 Å². The number of aromatic nitrogens is 2. The molecule has 2 amide bonds. The van der Waals surface area contributed by atoms with Gasteiger partial charge in [0, 0.05) is 24.5 Å². The Labute approximate surface area is 179 Å². The molecule has 3 aliphatic rings. The lowest BCUT2D eigenvalue weighted by Gasteiger charge is -2.35. The SMILES string of the molecule is C=C.F.O=C(CN1CC2(CC2)c2c(ccc(C3CC3)c2F)C1=O)Nc1ncc(F)cn1.[HH]. The Balaban J connectivity index is 0.000000884. The van der Waals surface area contributed by atoms with Gasteiger partial charge in [0.2, 0.25) is 11.9 Å². The Morgan fingerprint density at radius 1 is 1.23 bits per heavy atom. The van der Waals surface area contributed by atoms with Crippen molar-refractivity contribution in [3.8, 4) is 0 Å². The van der Waals surface area contributed by atoms with Gasteiger partial charge in [-0.05, 0) is 43.2 Å². The van der Waals surface area contributed by atoms with Gasteiger partial charge in [-0.25, -0.2) is 18.7 Å².